The molecule has 3 heterocycles. The lowest BCUT2D eigenvalue weighted by Gasteiger charge is -2.18. The number of fused-ring (bicyclic) bond motifs is 1. The summed E-state index contributed by atoms with van der Waals surface area (Å²) in [6, 6.07) is 7.39. The molecule has 2 aromatic heterocycles. The normalized spacial score (nSPS) is 25.9. The molecule has 1 aliphatic heterocycles. The highest BCUT2D eigenvalue weighted by Gasteiger charge is 2.44. The van der Waals surface area contributed by atoms with Crippen molar-refractivity contribution in [3.63, 3.8) is 0 Å². The van der Waals surface area contributed by atoms with Crippen LogP contribution in [0.5, 0.6) is 0 Å². The predicted octanol–water partition coefficient (Wildman–Crippen LogP) is 1.26. The first-order valence-electron chi connectivity index (χ1n) is 8.82. The van der Waals surface area contributed by atoms with E-state index in [9.17, 15) is 15.3 Å². The van der Waals surface area contributed by atoms with E-state index in [4.69, 9.17) is 16.3 Å². The maximum Gasteiger partial charge on any atom is 0.167 e. The molecule has 0 unspecified atom stereocenters. The Kier molecular flexibility index (Phi) is 5.17. The Hall–Kier alpha value is -2.30. The molecule has 5 atom stereocenters. The van der Waals surface area contributed by atoms with Crippen LogP contribution in [0.4, 0.5) is 5.82 Å². The van der Waals surface area contributed by atoms with Crippen molar-refractivity contribution in [2.75, 3.05) is 11.9 Å². The molecule has 4 rings (SSSR count). The number of aliphatic hydroxyl groups is 3. The Bertz CT molecular complexity index is 984. The van der Waals surface area contributed by atoms with E-state index in [0.29, 0.717) is 22.0 Å². The Morgan fingerprint density at radius 2 is 2.00 bits per heavy atom. The standard InChI is InChI=1S/C18H20ClN5O4/c1-9(10-4-2-3-5-11(10)19)23-16-13-17(21-7-20-16)24(8-22-13)18-15(27)14(26)12(6-25)28-18/h2-5,7-9,12,14-15,18,25-27H,6H2,1H3,(H,20,21,23)/t9-,12+,14+,15+,18+/m0/s1. The van der Waals surface area contributed by atoms with E-state index in [2.05, 4.69) is 20.3 Å². The minimum absolute atomic E-state index is 0.133. The highest BCUT2D eigenvalue weighted by atomic mass is 35.5. The number of aliphatic hydroxyl groups excluding tert-OH is 3. The van der Waals surface area contributed by atoms with Gasteiger partial charge in [0.25, 0.3) is 0 Å². The van der Waals surface area contributed by atoms with Gasteiger partial charge < -0.3 is 25.4 Å². The van der Waals surface area contributed by atoms with Gasteiger partial charge in [-0.3, -0.25) is 4.57 Å². The van der Waals surface area contributed by atoms with Gasteiger partial charge >= 0.3 is 0 Å². The second-order valence-corrected chi connectivity index (χ2v) is 7.07. The van der Waals surface area contributed by atoms with E-state index in [1.54, 1.807) is 0 Å². The van der Waals surface area contributed by atoms with Gasteiger partial charge in [0.2, 0.25) is 0 Å². The first kappa shape index (κ1) is 19.0. The van der Waals surface area contributed by atoms with Crippen LogP contribution in [0.3, 0.4) is 0 Å². The molecule has 4 N–H and O–H groups in total. The number of imidazole rings is 1. The summed E-state index contributed by atoms with van der Waals surface area (Å²) in [7, 11) is 0. The molecule has 1 fully saturated rings. The van der Waals surface area contributed by atoms with E-state index < -0.39 is 31.1 Å². The van der Waals surface area contributed by atoms with Gasteiger partial charge in [-0.25, -0.2) is 15.0 Å². The summed E-state index contributed by atoms with van der Waals surface area (Å²) in [5.74, 6) is 0.503. The summed E-state index contributed by atoms with van der Waals surface area (Å²) < 4.78 is 7.09. The summed E-state index contributed by atoms with van der Waals surface area (Å²) in [5, 5.41) is 33.5. The van der Waals surface area contributed by atoms with Crippen molar-refractivity contribution >= 4 is 28.6 Å². The van der Waals surface area contributed by atoms with E-state index in [1.807, 2.05) is 31.2 Å². The minimum atomic E-state index is -1.22. The van der Waals surface area contributed by atoms with E-state index >= 15 is 0 Å². The molecule has 1 aromatic carbocycles. The van der Waals surface area contributed by atoms with Crippen molar-refractivity contribution in [3.05, 3.63) is 47.5 Å². The lowest BCUT2D eigenvalue weighted by atomic mass is 10.1. The highest BCUT2D eigenvalue weighted by molar-refractivity contribution is 6.31. The van der Waals surface area contributed by atoms with Crippen LogP contribution in [-0.2, 0) is 4.74 Å². The zero-order valence-electron chi connectivity index (χ0n) is 15.0. The van der Waals surface area contributed by atoms with Crippen LogP contribution in [0.1, 0.15) is 24.8 Å². The van der Waals surface area contributed by atoms with Crippen LogP contribution in [0.15, 0.2) is 36.9 Å². The first-order valence-corrected chi connectivity index (χ1v) is 9.20. The Morgan fingerprint density at radius 3 is 2.71 bits per heavy atom. The Labute approximate surface area is 165 Å². The Balaban J connectivity index is 1.65. The van der Waals surface area contributed by atoms with Crippen molar-refractivity contribution in [2.45, 2.75) is 37.5 Å². The number of nitrogens with zero attached hydrogens (tertiary/aromatic N) is 4. The summed E-state index contributed by atoms with van der Waals surface area (Å²) in [5.41, 5.74) is 1.83. The number of anilines is 1. The molecule has 9 nitrogen and oxygen atoms in total. The number of rotatable bonds is 5. The third-order valence-corrected chi connectivity index (χ3v) is 5.22. The minimum Gasteiger partial charge on any atom is -0.394 e. The monoisotopic (exact) mass is 405 g/mol. The van der Waals surface area contributed by atoms with Crippen molar-refractivity contribution < 1.29 is 20.1 Å². The van der Waals surface area contributed by atoms with Gasteiger partial charge in [-0.1, -0.05) is 29.8 Å². The highest BCUT2D eigenvalue weighted by Crippen LogP contribution is 2.33. The largest absolute Gasteiger partial charge is 0.394 e. The number of hydrogen-bond donors (Lipinski definition) is 4. The molecule has 28 heavy (non-hydrogen) atoms. The molecule has 10 heteroatoms. The molecule has 1 saturated heterocycles. The van der Waals surface area contributed by atoms with Gasteiger partial charge in [0.05, 0.1) is 19.0 Å². The van der Waals surface area contributed by atoms with Crippen LogP contribution in [0.25, 0.3) is 11.2 Å². The molecule has 0 saturated carbocycles. The zero-order valence-corrected chi connectivity index (χ0v) is 15.7. The van der Waals surface area contributed by atoms with Crippen LogP contribution < -0.4 is 5.32 Å². The average molecular weight is 406 g/mol. The summed E-state index contributed by atoms with van der Waals surface area (Å²) in [4.78, 5) is 12.9. The van der Waals surface area contributed by atoms with Crippen molar-refractivity contribution in [2.24, 2.45) is 0 Å². The molecule has 0 radical (unpaired) electrons. The molecular weight excluding hydrogens is 386 g/mol. The maximum absolute atomic E-state index is 10.3. The lowest BCUT2D eigenvalue weighted by Crippen LogP contribution is -2.33. The van der Waals surface area contributed by atoms with Gasteiger partial charge in [-0.05, 0) is 18.6 Å². The van der Waals surface area contributed by atoms with Crippen molar-refractivity contribution in [3.8, 4) is 0 Å². The fourth-order valence-corrected chi connectivity index (χ4v) is 3.66. The Morgan fingerprint density at radius 1 is 1.21 bits per heavy atom. The molecular formula is C18H20ClN5O4. The van der Waals surface area contributed by atoms with E-state index in [0.717, 1.165) is 5.56 Å². The summed E-state index contributed by atoms with van der Waals surface area (Å²) in [6.07, 6.45) is -1.37. The number of nitrogens with one attached hydrogen (secondary N) is 1. The van der Waals surface area contributed by atoms with E-state index in [1.165, 1.54) is 17.2 Å². The third kappa shape index (κ3) is 3.21. The quantitative estimate of drug-likeness (QED) is 0.500. The number of ether oxygens (including phenoxy) is 1. The number of benzene rings is 1. The first-order chi connectivity index (χ1) is 13.5. The van der Waals surface area contributed by atoms with E-state index in [-0.39, 0.29) is 6.04 Å². The fourth-order valence-electron chi connectivity index (χ4n) is 3.36. The third-order valence-electron chi connectivity index (χ3n) is 4.88. The van der Waals surface area contributed by atoms with Gasteiger partial charge in [-0.15, -0.1) is 0 Å². The fraction of sp³-hybridized carbons (Fsp3) is 0.389. The number of hydrogen-bond acceptors (Lipinski definition) is 8. The lowest BCUT2D eigenvalue weighted by molar-refractivity contribution is -0.0511. The van der Waals surface area contributed by atoms with Crippen molar-refractivity contribution in [1.29, 1.82) is 0 Å². The zero-order chi connectivity index (χ0) is 19.8. The van der Waals surface area contributed by atoms with Crippen LogP contribution in [0, 0.1) is 0 Å². The van der Waals surface area contributed by atoms with Crippen LogP contribution in [0.2, 0.25) is 5.02 Å². The molecule has 0 aliphatic carbocycles. The van der Waals surface area contributed by atoms with Crippen LogP contribution in [-0.4, -0.2) is 59.8 Å². The molecule has 3 aromatic rings. The number of aromatic nitrogens is 4. The second-order valence-electron chi connectivity index (χ2n) is 6.66. The topological polar surface area (TPSA) is 126 Å². The molecule has 0 bridgehead atoms. The van der Waals surface area contributed by atoms with Gasteiger partial charge in [0, 0.05) is 5.02 Å². The summed E-state index contributed by atoms with van der Waals surface area (Å²) >= 11 is 6.27. The van der Waals surface area contributed by atoms with Gasteiger partial charge in [0.1, 0.15) is 24.6 Å². The van der Waals surface area contributed by atoms with Crippen LogP contribution >= 0.6 is 11.6 Å². The SMILES string of the molecule is C[C@H](Nc1ncnc2c1ncn2[C@@H]1O[C@H](CO)[C@@H](O)[C@H]1O)c1ccccc1Cl. The molecule has 1 aliphatic rings. The number of halogens is 1. The second kappa shape index (κ2) is 7.61. The average Bonchev–Trinajstić information content (AvgIpc) is 3.24. The summed E-state index contributed by atoms with van der Waals surface area (Å²) in [6.45, 7) is 1.55. The molecule has 0 amide bonds. The van der Waals surface area contributed by atoms with Gasteiger partial charge in [0.15, 0.2) is 23.2 Å². The van der Waals surface area contributed by atoms with Gasteiger partial charge in [-0.2, -0.15) is 0 Å². The maximum atomic E-state index is 10.3. The smallest absolute Gasteiger partial charge is 0.167 e. The molecule has 0 spiro atoms. The molecule has 148 valence electrons. The predicted molar refractivity (Wildman–Crippen MR) is 102 cm³/mol. The van der Waals surface area contributed by atoms with Crippen molar-refractivity contribution in [1.82, 2.24) is 19.5 Å².